The molecule has 0 heterocycles. The Labute approximate surface area is 117 Å². The van der Waals surface area contributed by atoms with Crippen molar-refractivity contribution < 1.29 is 4.39 Å². The van der Waals surface area contributed by atoms with Crippen molar-refractivity contribution in [1.29, 1.82) is 0 Å². The summed E-state index contributed by atoms with van der Waals surface area (Å²) in [5, 5.41) is 6.65. The molecule has 0 aromatic heterocycles. The van der Waals surface area contributed by atoms with E-state index in [2.05, 4.69) is 16.7 Å². The zero-order valence-electron chi connectivity index (χ0n) is 10.8. The van der Waals surface area contributed by atoms with E-state index in [9.17, 15) is 4.39 Å². The Balaban J connectivity index is 2.05. The molecule has 0 fully saturated rings. The Kier molecular flexibility index (Phi) is 4.12. The first-order valence-corrected chi connectivity index (χ1v) is 6.36. The third kappa shape index (κ3) is 3.76. The van der Waals surface area contributed by atoms with Gasteiger partial charge in [0.25, 0.3) is 0 Å². The third-order valence-corrected chi connectivity index (χ3v) is 2.95. The first-order valence-electron chi connectivity index (χ1n) is 5.95. The van der Waals surface area contributed by atoms with E-state index in [0.29, 0.717) is 5.11 Å². The number of hydrogen-bond acceptors (Lipinski definition) is 1. The van der Waals surface area contributed by atoms with Gasteiger partial charge in [-0.1, -0.05) is 12.1 Å². The van der Waals surface area contributed by atoms with E-state index in [0.717, 1.165) is 22.5 Å². The standard InChI is InChI=1S/C15H15FN2S/c1-10-3-4-11(2)14(9-10)18-15(19)17-13-7-5-12(16)6-8-13/h3-9H,1-2H3,(H2,17,18,19). The van der Waals surface area contributed by atoms with Crippen molar-refractivity contribution in [3.8, 4) is 0 Å². The fraction of sp³-hybridized carbons (Fsp3) is 0.133. The Morgan fingerprint density at radius 3 is 2.37 bits per heavy atom. The first kappa shape index (κ1) is 13.5. The van der Waals surface area contributed by atoms with E-state index in [1.165, 1.54) is 12.1 Å². The van der Waals surface area contributed by atoms with Crippen molar-refractivity contribution in [1.82, 2.24) is 0 Å². The lowest BCUT2D eigenvalue weighted by atomic mass is 10.1. The molecule has 0 aliphatic rings. The van der Waals surface area contributed by atoms with Crippen LogP contribution in [0.2, 0.25) is 0 Å². The lowest BCUT2D eigenvalue weighted by molar-refractivity contribution is 0.628. The van der Waals surface area contributed by atoms with Crippen LogP contribution in [0.25, 0.3) is 0 Å². The lowest BCUT2D eigenvalue weighted by Gasteiger charge is -2.13. The second kappa shape index (κ2) is 5.80. The average Bonchev–Trinajstić information content (AvgIpc) is 2.37. The molecular weight excluding hydrogens is 259 g/mol. The van der Waals surface area contributed by atoms with Crippen molar-refractivity contribution in [3.63, 3.8) is 0 Å². The number of nitrogens with one attached hydrogen (secondary N) is 2. The molecule has 0 saturated heterocycles. The fourth-order valence-electron chi connectivity index (χ4n) is 1.69. The molecule has 0 spiro atoms. The predicted octanol–water partition coefficient (Wildman–Crippen LogP) is 4.25. The largest absolute Gasteiger partial charge is 0.332 e. The van der Waals surface area contributed by atoms with E-state index in [1.54, 1.807) is 12.1 Å². The van der Waals surface area contributed by atoms with Crippen LogP contribution in [-0.2, 0) is 0 Å². The molecule has 98 valence electrons. The van der Waals surface area contributed by atoms with Crippen LogP contribution >= 0.6 is 12.2 Å². The summed E-state index contributed by atoms with van der Waals surface area (Å²) in [4.78, 5) is 0. The zero-order valence-corrected chi connectivity index (χ0v) is 11.6. The molecule has 4 heteroatoms. The molecule has 2 rings (SSSR count). The maximum atomic E-state index is 12.8. The van der Waals surface area contributed by atoms with Crippen molar-refractivity contribution >= 4 is 28.7 Å². The van der Waals surface area contributed by atoms with Crippen molar-refractivity contribution in [3.05, 3.63) is 59.4 Å². The summed E-state index contributed by atoms with van der Waals surface area (Å²) < 4.78 is 12.8. The second-order valence-corrected chi connectivity index (χ2v) is 4.81. The minimum atomic E-state index is -0.265. The predicted molar refractivity (Wildman–Crippen MR) is 82.2 cm³/mol. The van der Waals surface area contributed by atoms with Gasteiger partial charge in [0.1, 0.15) is 5.82 Å². The van der Waals surface area contributed by atoms with Crippen molar-refractivity contribution in [2.75, 3.05) is 10.6 Å². The monoisotopic (exact) mass is 274 g/mol. The van der Waals surface area contributed by atoms with Gasteiger partial charge in [0.2, 0.25) is 0 Å². The highest BCUT2D eigenvalue weighted by molar-refractivity contribution is 7.80. The molecule has 0 radical (unpaired) electrons. The number of halogens is 1. The van der Waals surface area contributed by atoms with Crippen LogP contribution in [-0.4, -0.2) is 5.11 Å². The van der Waals surface area contributed by atoms with Crippen molar-refractivity contribution in [2.24, 2.45) is 0 Å². The molecule has 19 heavy (non-hydrogen) atoms. The topological polar surface area (TPSA) is 24.1 Å². The Hall–Kier alpha value is -1.94. The molecule has 2 N–H and O–H groups in total. The van der Waals surface area contributed by atoms with E-state index >= 15 is 0 Å². The van der Waals surface area contributed by atoms with E-state index in [1.807, 2.05) is 26.0 Å². The number of thiocarbonyl (C=S) groups is 1. The molecule has 0 atom stereocenters. The van der Waals surface area contributed by atoms with Crippen LogP contribution in [0.4, 0.5) is 15.8 Å². The molecule has 0 bridgehead atoms. The van der Waals surface area contributed by atoms with Crippen LogP contribution in [0, 0.1) is 19.7 Å². The van der Waals surface area contributed by atoms with Gasteiger partial charge >= 0.3 is 0 Å². The molecule has 2 aromatic carbocycles. The number of anilines is 2. The molecule has 0 unspecified atom stereocenters. The van der Waals surface area contributed by atoms with Gasteiger partial charge in [-0.15, -0.1) is 0 Å². The van der Waals surface area contributed by atoms with Gasteiger partial charge in [0.15, 0.2) is 5.11 Å². The molecule has 0 aliphatic heterocycles. The molecule has 0 amide bonds. The number of rotatable bonds is 2. The van der Waals surface area contributed by atoms with Crippen LogP contribution in [0.1, 0.15) is 11.1 Å². The molecule has 0 saturated carbocycles. The van der Waals surface area contributed by atoms with Gasteiger partial charge < -0.3 is 10.6 Å². The summed E-state index contributed by atoms with van der Waals surface area (Å²) in [5.41, 5.74) is 4.01. The van der Waals surface area contributed by atoms with Gasteiger partial charge in [0, 0.05) is 11.4 Å². The van der Waals surface area contributed by atoms with Crippen molar-refractivity contribution in [2.45, 2.75) is 13.8 Å². The molecule has 0 aliphatic carbocycles. The summed E-state index contributed by atoms with van der Waals surface area (Å²) in [7, 11) is 0. The molecule has 2 nitrogen and oxygen atoms in total. The van der Waals surface area contributed by atoms with Gasteiger partial charge in [0.05, 0.1) is 0 Å². The Morgan fingerprint density at radius 2 is 1.68 bits per heavy atom. The number of aryl methyl sites for hydroxylation is 2. The minimum absolute atomic E-state index is 0.265. The molecule has 2 aromatic rings. The summed E-state index contributed by atoms with van der Waals surface area (Å²) >= 11 is 5.24. The number of benzene rings is 2. The van der Waals surface area contributed by atoms with E-state index in [4.69, 9.17) is 12.2 Å². The molecular formula is C15H15FN2S. The van der Waals surface area contributed by atoms with Gasteiger partial charge in [-0.2, -0.15) is 0 Å². The van der Waals surface area contributed by atoms with Crippen LogP contribution in [0.5, 0.6) is 0 Å². The van der Waals surface area contributed by atoms with Crippen LogP contribution in [0.15, 0.2) is 42.5 Å². The maximum Gasteiger partial charge on any atom is 0.175 e. The van der Waals surface area contributed by atoms with Gasteiger partial charge in [-0.05, 0) is 67.5 Å². The smallest absolute Gasteiger partial charge is 0.175 e. The lowest BCUT2D eigenvalue weighted by Crippen LogP contribution is -2.19. The normalized spacial score (nSPS) is 10.1. The van der Waals surface area contributed by atoms with E-state index < -0.39 is 0 Å². The minimum Gasteiger partial charge on any atom is -0.332 e. The summed E-state index contributed by atoms with van der Waals surface area (Å²) in [6, 6.07) is 12.2. The van der Waals surface area contributed by atoms with E-state index in [-0.39, 0.29) is 5.82 Å². The highest BCUT2D eigenvalue weighted by Crippen LogP contribution is 2.17. The fourth-order valence-corrected chi connectivity index (χ4v) is 1.92. The highest BCUT2D eigenvalue weighted by atomic mass is 32.1. The number of hydrogen-bond donors (Lipinski definition) is 2. The summed E-state index contributed by atoms with van der Waals surface area (Å²) in [6.07, 6.45) is 0. The summed E-state index contributed by atoms with van der Waals surface area (Å²) in [5.74, 6) is -0.265. The average molecular weight is 274 g/mol. The Bertz CT molecular complexity index is 594. The quantitative estimate of drug-likeness (QED) is 0.800. The second-order valence-electron chi connectivity index (χ2n) is 4.40. The third-order valence-electron chi connectivity index (χ3n) is 2.74. The van der Waals surface area contributed by atoms with Crippen LogP contribution < -0.4 is 10.6 Å². The SMILES string of the molecule is Cc1ccc(C)c(NC(=S)Nc2ccc(F)cc2)c1. The zero-order chi connectivity index (χ0) is 13.8. The maximum absolute atomic E-state index is 12.8. The summed E-state index contributed by atoms with van der Waals surface area (Å²) in [6.45, 7) is 4.04. The van der Waals surface area contributed by atoms with Crippen LogP contribution in [0.3, 0.4) is 0 Å². The van der Waals surface area contributed by atoms with Gasteiger partial charge in [-0.25, -0.2) is 4.39 Å². The highest BCUT2D eigenvalue weighted by Gasteiger charge is 2.02. The first-order chi connectivity index (χ1) is 9.04. The Morgan fingerprint density at radius 1 is 1.00 bits per heavy atom. The van der Waals surface area contributed by atoms with Gasteiger partial charge in [-0.3, -0.25) is 0 Å².